The van der Waals surface area contributed by atoms with Gasteiger partial charge in [-0.3, -0.25) is 0 Å². The molecular formula is C12H10BrN3. The van der Waals surface area contributed by atoms with E-state index < -0.39 is 0 Å². The van der Waals surface area contributed by atoms with Crippen LogP contribution >= 0.6 is 15.9 Å². The van der Waals surface area contributed by atoms with Crippen molar-refractivity contribution in [1.82, 2.24) is 9.78 Å². The number of aryl methyl sites for hydroxylation is 1. The fourth-order valence-electron chi connectivity index (χ4n) is 1.48. The van der Waals surface area contributed by atoms with Crippen LogP contribution in [-0.2, 0) is 5.33 Å². The molecule has 0 saturated carbocycles. The molecule has 0 N–H and O–H groups in total. The Morgan fingerprint density at radius 2 is 2.31 bits per heavy atom. The van der Waals surface area contributed by atoms with Gasteiger partial charge in [-0.15, -0.1) is 0 Å². The molecule has 0 fully saturated rings. The molecule has 0 amide bonds. The number of aromatic nitrogens is 2. The molecule has 1 aromatic heterocycles. The molecule has 0 unspecified atom stereocenters. The van der Waals surface area contributed by atoms with E-state index in [1.54, 1.807) is 10.7 Å². The van der Waals surface area contributed by atoms with E-state index in [2.05, 4.69) is 27.1 Å². The first-order valence-electron chi connectivity index (χ1n) is 4.86. The van der Waals surface area contributed by atoms with Crippen LogP contribution in [0.5, 0.6) is 0 Å². The first-order valence-corrected chi connectivity index (χ1v) is 5.98. The summed E-state index contributed by atoms with van der Waals surface area (Å²) in [5.41, 5.74) is 3.71. The third-order valence-corrected chi connectivity index (χ3v) is 2.99. The molecule has 2 aromatic rings. The van der Waals surface area contributed by atoms with Crippen LogP contribution in [0.3, 0.4) is 0 Å². The molecule has 2 rings (SSSR count). The minimum Gasteiger partial charge on any atom is -0.240 e. The highest BCUT2D eigenvalue weighted by atomic mass is 79.9. The highest BCUT2D eigenvalue weighted by Gasteiger charge is 2.05. The summed E-state index contributed by atoms with van der Waals surface area (Å²) in [6, 6.07) is 9.52. The second kappa shape index (κ2) is 4.50. The maximum Gasteiger partial charge on any atom is 0.0992 e. The summed E-state index contributed by atoms with van der Waals surface area (Å²) in [6.07, 6.45) is 1.97. The molecule has 0 bridgehead atoms. The number of hydrogen-bond acceptors (Lipinski definition) is 2. The normalized spacial score (nSPS) is 10.1. The summed E-state index contributed by atoms with van der Waals surface area (Å²) in [5.74, 6) is 0. The molecule has 16 heavy (non-hydrogen) atoms. The monoisotopic (exact) mass is 275 g/mol. The molecule has 80 valence electrons. The summed E-state index contributed by atoms with van der Waals surface area (Å²) < 4.78 is 1.80. The van der Waals surface area contributed by atoms with Crippen molar-refractivity contribution >= 4 is 15.9 Å². The lowest BCUT2D eigenvalue weighted by Crippen LogP contribution is -1.95. The number of alkyl halides is 1. The quantitative estimate of drug-likeness (QED) is 0.791. The SMILES string of the molecule is Cc1nn(-c2cccc(C#N)c2)cc1CBr. The van der Waals surface area contributed by atoms with Crippen molar-refractivity contribution in [2.45, 2.75) is 12.3 Å². The van der Waals surface area contributed by atoms with E-state index >= 15 is 0 Å². The van der Waals surface area contributed by atoms with E-state index in [0.717, 1.165) is 22.3 Å². The fourth-order valence-corrected chi connectivity index (χ4v) is 2.03. The second-order valence-electron chi connectivity index (χ2n) is 3.48. The van der Waals surface area contributed by atoms with Crippen molar-refractivity contribution in [3.05, 3.63) is 47.3 Å². The van der Waals surface area contributed by atoms with Gasteiger partial charge in [-0.1, -0.05) is 22.0 Å². The predicted molar refractivity (Wildman–Crippen MR) is 65.6 cm³/mol. The molecule has 1 heterocycles. The number of hydrogen-bond donors (Lipinski definition) is 0. The summed E-state index contributed by atoms with van der Waals surface area (Å²) in [4.78, 5) is 0. The van der Waals surface area contributed by atoms with Gasteiger partial charge in [-0.2, -0.15) is 10.4 Å². The molecule has 0 saturated heterocycles. The topological polar surface area (TPSA) is 41.6 Å². The Labute approximate surface area is 102 Å². The zero-order valence-corrected chi connectivity index (χ0v) is 10.4. The molecule has 1 aromatic carbocycles. The highest BCUT2D eigenvalue weighted by molar-refractivity contribution is 9.08. The number of nitrogens with zero attached hydrogens (tertiary/aromatic N) is 3. The largest absolute Gasteiger partial charge is 0.240 e. The Morgan fingerprint density at radius 1 is 1.50 bits per heavy atom. The fraction of sp³-hybridized carbons (Fsp3) is 0.167. The summed E-state index contributed by atoms with van der Waals surface area (Å²) >= 11 is 3.42. The Bertz CT molecular complexity index is 552. The van der Waals surface area contributed by atoms with E-state index in [4.69, 9.17) is 5.26 Å². The lowest BCUT2D eigenvalue weighted by molar-refractivity contribution is 0.862. The van der Waals surface area contributed by atoms with Crippen molar-refractivity contribution in [3.63, 3.8) is 0 Å². The van der Waals surface area contributed by atoms with Crippen molar-refractivity contribution < 1.29 is 0 Å². The van der Waals surface area contributed by atoms with Crippen molar-refractivity contribution in [2.75, 3.05) is 0 Å². The van der Waals surface area contributed by atoms with Gasteiger partial charge in [-0.25, -0.2) is 4.68 Å². The number of halogens is 1. The summed E-state index contributed by atoms with van der Waals surface area (Å²) in [7, 11) is 0. The van der Waals surface area contributed by atoms with Gasteiger partial charge in [-0.05, 0) is 25.1 Å². The van der Waals surface area contributed by atoms with Gasteiger partial charge < -0.3 is 0 Å². The van der Waals surface area contributed by atoms with E-state index in [1.165, 1.54) is 0 Å². The number of benzene rings is 1. The van der Waals surface area contributed by atoms with E-state index in [0.29, 0.717) is 5.56 Å². The van der Waals surface area contributed by atoms with Crippen LogP contribution in [0.1, 0.15) is 16.8 Å². The zero-order chi connectivity index (χ0) is 11.5. The second-order valence-corrected chi connectivity index (χ2v) is 4.04. The third kappa shape index (κ3) is 2.00. The lowest BCUT2D eigenvalue weighted by Gasteiger charge is -2.00. The van der Waals surface area contributed by atoms with Crippen LogP contribution in [0.4, 0.5) is 0 Å². The average molecular weight is 276 g/mol. The predicted octanol–water partition coefficient (Wildman–Crippen LogP) is 2.95. The van der Waals surface area contributed by atoms with Crippen LogP contribution in [0.25, 0.3) is 5.69 Å². The van der Waals surface area contributed by atoms with E-state index in [9.17, 15) is 0 Å². The molecule has 3 nitrogen and oxygen atoms in total. The molecule has 0 aliphatic rings. The average Bonchev–Trinajstić information content (AvgIpc) is 2.71. The number of rotatable bonds is 2. The van der Waals surface area contributed by atoms with Crippen LogP contribution in [0.2, 0.25) is 0 Å². The molecule has 0 aliphatic carbocycles. The van der Waals surface area contributed by atoms with Crippen LogP contribution in [-0.4, -0.2) is 9.78 Å². The van der Waals surface area contributed by atoms with Gasteiger partial charge >= 0.3 is 0 Å². The van der Waals surface area contributed by atoms with Gasteiger partial charge in [0.1, 0.15) is 0 Å². The van der Waals surface area contributed by atoms with Gasteiger partial charge in [0.15, 0.2) is 0 Å². The van der Waals surface area contributed by atoms with Gasteiger partial charge in [0, 0.05) is 17.1 Å². The molecule has 4 heteroatoms. The van der Waals surface area contributed by atoms with Crippen LogP contribution in [0, 0.1) is 18.3 Å². The van der Waals surface area contributed by atoms with Crippen molar-refractivity contribution in [1.29, 1.82) is 5.26 Å². The Morgan fingerprint density at radius 3 is 2.94 bits per heavy atom. The van der Waals surface area contributed by atoms with E-state index in [-0.39, 0.29) is 0 Å². The minimum atomic E-state index is 0.644. The standard InChI is InChI=1S/C12H10BrN3/c1-9-11(6-13)8-16(15-9)12-4-2-3-10(5-12)7-14/h2-5,8H,6H2,1H3. The summed E-state index contributed by atoms with van der Waals surface area (Å²) in [5, 5.41) is 14.0. The van der Waals surface area contributed by atoms with Gasteiger partial charge in [0.25, 0.3) is 0 Å². The maximum atomic E-state index is 8.83. The van der Waals surface area contributed by atoms with Gasteiger partial charge in [0.2, 0.25) is 0 Å². The molecule has 0 aliphatic heterocycles. The third-order valence-electron chi connectivity index (χ3n) is 2.38. The summed E-state index contributed by atoms with van der Waals surface area (Å²) in [6.45, 7) is 1.97. The van der Waals surface area contributed by atoms with E-state index in [1.807, 2.05) is 31.3 Å². The Kier molecular flexibility index (Phi) is 3.07. The van der Waals surface area contributed by atoms with Gasteiger partial charge in [0.05, 0.1) is 23.0 Å². The minimum absolute atomic E-state index is 0.644. The Balaban J connectivity index is 2.46. The van der Waals surface area contributed by atoms with Crippen LogP contribution in [0.15, 0.2) is 30.5 Å². The number of nitriles is 1. The smallest absolute Gasteiger partial charge is 0.0992 e. The molecule has 0 spiro atoms. The zero-order valence-electron chi connectivity index (χ0n) is 8.81. The Hall–Kier alpha value is -1.60. The van der Waals surface area contributed by atoms with Crippen molar-refractivity contribution in [3.8, 4) is 11.8 Å². The molecule has 0 radical (unpaired) electrons. The molecule has 0 atom stereocenters. The molecular weight excluding hydrogens is 266 g/mol. The van der Waals surface area contributed by atoms with Crippen LogP contribution < -0.4 is 0 Å². The first-order chi connectivity index (χ1) is 7.74. The first kappa shape index (κ1) is 10.9. The van der Waals surface area contributed by atoms with Crippen molar-refractivity contribution in [2.24, 2.45) is 0 Å². The lowest BCUT2D eigenvalue weighted by atomic mass is 10.2. The highest BCUT2D eigenvalue weighted by Crippen LogP contribution is 2.15. The maximum absolute atomic E-state index is 8.83.